The molecule has 0 heterocycles. The molecule has 2 rings (SSSR count). The Morgan fingerprint density at radius 3 is 1.45 bits per heavy atom. The van der Waals surface area contributed by atoms with Gasteiger partial charge in [0.2, 0.25) is 0 Å². The van der Waals surface area contributed by atoms with Crippen LogP contribution in [0.15, 0.2) is 47.8 Å². The second-order valence-corrected chi connectivity index (χ2v) is 5.21. The van der Waals surface area contributed by atoms with Crippen LogP contribution in [0.1, 0.15) is 22.3 Å². The van der Waals surface area contributed by atoms with E-state index < -0.39 is 0 Å². The number of benzene rings is 2. The van der Waals surface area contributed by atoms with Gasteiger partial charge in [0.15, 0.2) is 0 Å². The number of phenolic OH excluding ortho intramolecular Hbond substituents is 2. The largest absolute Gasteiger partial charge is 0.507 e. The first-order chi connectivity index (χ1) is 10.4. The van der Waals surface area contributed by atoms with Crippen molar-refractivity contribution in [3.63, 3.8) is 0 Å². The summed E-state index contributed by atoms with van der Waals surface area (Å²) < 4.78 is 0. The van der Waals surface area contributed by atoms with Gasteiger partial charge in [0.1, 0.15) is 11.5 Å². The first-order valence-electron chi connectivity index (χ1n) is 6.92. The van der Waals surface area contributed by atoms with E-state index in [4.69, 9.17) is 11.5 Å². The minimum Gasteiger partial charge on any atom is -0.507 e. The van der Waals surface area contributed by atoms with Crippen LogP contribution in [0, 0.1) is 13.8 Å². The molecule has 2 aromatic rings. The van der Waals surface area contributed by atoms with Crippen molar-refractivity contribution in [1.82, 2.24) is 0 Å². The first kappa shape index (κ1) is 15.5. The topological polar surface area (TPSA) is 92.5 Å². The van der Waals surface area contributed by atoms with Crippen molar-refractivity contribution in [2.24, 2.45) is 11.5 Å². The molecule has 0 amide bonds. The van der Waals surface area contributed by atoms with Gasteiger partial charge in [-0.1, -0.05) is 24.3 Å². The van der Waals surface area contributed by atoms with Crippen LogP contribution in [-0.2, 0) is 0 Å². The maximum Gasteiger partial charge on any atom is 0.123 e. The summed E-state index contributed by atoms with van der Waals surface area (Å²) in [5.41, 5.74) is 15.7. The van der Waals surface area contributed by atoms with E-state index in [2.05, 4.69) is 0 Å². The molecule has 4 heteroatoms. The third-order valence-corrected chi connectivity index (χ3v) is 3.54. The van der Waals surface area contributed by atoms with Gasteiger partial charge in [-0.3, -0.25) is 0 Å². The molecule has 0 unspecified atom stereocenters. The quantitative estimate of drug-likeness (QED) is 0.655. The van der Waals surface area contributed by atoms with Gasteiger partial charge in [-0.2, -0.15) is 0 Å². The summed E-state index contributed by atoms with van der Waals surface area (Å²) in [6, 6.07) is 10.5. The average molecular weight is 296 g/mol. The fourth-order valence-electron chi connectivity index (χ4n) is 2.18. The Morgan fingerprint density at radius 2 is 1.14 bits per heavy atom. The van der Waals surface area contributed by atoms with E-state index in [0.29, 0.717) is 22.5 Å². The summed E-state index contributed by atoms with van der Waals surface area (Å²) >= 11 is 0. The van der Waals surface area contributed by atoms with E-state index in [1.165, 1.54) is 0 Å². The summed E-state index contributed by atoms with van der Waals surface area (Å²) in [7, 11) is 0. The van der Waals surface area contributed by atoms with Gasteiger partial charge in [-0.15, -0.1) is 0 Å². The molecular weight excluding hydrogens is 276 g/mol. The zero-order valence-corrected chi connectivity index (χ0v) is 12.7. The standard InChI is InChI=1S/C18H20N2O2/c1-11-5-3-7-17(21)13(11)9-15(19)16(20)10-14-12(2)6-4-8-18(14)22/h3-10,21-22H,19-20H2,1-2H3. The minimum absolute atomic E-state index is 0.148. The zero-order valence-electron chi connectivity index (χ0n) is 12.7. The predicted molar refractivity (Wildman–Crippen MR) is 90.0 cm³/mol. The van der Waals surface area contributed by atoms with Crippen molar-refractivity contribution in [3.8, 4) is 11.5 Å². The molecule has 22 heavy (non-hydrogen) atoms. The lowest BCUT2D eigenvalue weighted by molar-refractivity contribution is 0.473. The molecule has 0 atom stereocenters. The molecule has 0 radical (unpaired) electrons. The molecule has 0 bridgehead atoms. The number of hydrogen-bond acceptors (Lipinski definition) is 4. The van der Waals surface area contributed by atoms with E-state index in [1.54, 1.807) is 36.4 Å². The van der Waals surface area contributed by atoms with E-state index in [9.17, 15) is 10.2 Å². The number of nitrogens with two attached hydrogens (primary N) is 2. The number of hydrogen-bond donors (Lipinski definition) is 4. The highest BCUT2D eigenvalue weighted by Gasteiger charge is 2.06. The molecular formula is C18H20N2O2. The number of phenols is 2. The van der Waals surface area contributed by atoms with Gasteiger partial charge >= 0.3 is 0 Å². The van der Waals surface area contributed by atoms with Crippen LogP contribution in [0.2, 0.25) is 0 Å². The number of aryl methyl sites for hydroxylation is 2. The van der Waals surface area contributed by atoms with Gasteiger partial charge in [-0.05, 0) is 49.3 Å². The molecule has 2 aromatic carbocycles. The summed E-state index contributed by atoms with van der Waals surface area (Å²) in [6.45, 7) is 3.76. The molecule has 6 N–H and O–H groups in total. The van der Waals surface area contributed by atoms with Crippen LogP contribution in [-0.4, -0.2) is 10.2 Å². The summed E-state index contributed by atoms with van der Waals surface area (Å²) in [6.07, 6.45) is 3.26. The maximum absolute atomic E-state index is 9.90. The van der Waals surface area contributed by atoms with E-state index >= 15 is 0 Å². The molecule has 114 valence electrons. The minimum atomic E-state index is 0.148. The van der Waals surface area contributed by atoms with E-state index in [-0.39, 0.29) is 11.5 Å². The van der Waals surface area contributed by atoms with Crippen LogP contribution in [0.3, 0.4) is 0 Å². The molecule has 0 aliphatic heterocycles. The molecule has 4 nitrogen and oxygen atoms in total. The highest BCUT2D eigenvalue weighted by atomic mass is 16.3. The number of aromatic hydroxyl groups is 2. The molecule has 0 spiro atoms. The normalized spacial score (nSPS) is 12.5. The van der Waals surface area contributed by atoms with Crippen LogP contribution in [0.5, 0.6) is 11.5 Å². The first-order valence-corrected chi connectivity index (χ1v) is 6.92. The van der Waals surface area contributed by atoms with Crippen LogP contribution >= 0.6 is 0 Å². The Labute approximate surface area is 130 Å². The molecule has 0 saturated heterocycles. The SMILES string of the molecule is Cc1cccc(O)c1C=C(N)C(N)=Cc1c(C)cccc1O. The molecule has 0 fully saturated rings. The van der Waals surface area contributed by atoms with Crippen molar-refractivity contribution in [2.75, 3.05) is 0 Å². The summed E-state index contributed by atoms with van der Waals surface area (Å²) in [5, 5.41) is 19.8. The highest BCUT2D eigenvalue weighted by Crippen LogP contribution is 2.26. The zero-order chi connectivity index (χ0) is 16.3. The molecule has 0 aliphatic rings. The Bertz CT molecular complexity index is 656. The second-order valence-electron chi connectivity index (χ2n) is 5.21. The summed E-state index contributed by atoms with van der Waals surface area (Å²) in [5.74, 6) is 0.295. The molecule has 0 saturated carbocycles. The fourth-order valence-corrected chi connectivity index (χ4v) is 2.18. The third kappa shape index (κ3) is 3.23. The van der Waals surface area contributed by atoms with Crippen LogP contribution in [0.25, 0.3) is 12.2 Å². The van der Waals surface area contributed by atoms with Crippen LogP contribution < -0.4 is 11.5 Å². The molecule has 0 aromatic heterocycles. The van der Waals surface area contributed by atoms with Gasteiger partial charge in [0, 0.05) is 11.1 Å². The van der Waals surface area contributed by atoms with Crippen molar-refractivity contribution in [1.29, 1.82) is 0 Å². The monoisotopic (exact) mass is 296 g/mol. The maximum atomic E-state index is 9.90. The van der Waals surface area contributed by atoms with Gasteiger partial charge < -0.3 is 21.7 Å². The average Bonchev–Trinajstić information content (AvgIpc) is 2.46. The van der Waals surface area contributed by atoms with Crippen molar-refractivity contribution in [2.45, 2.75) is 13.8 Å². The van der Waals surface area contributed by atoms with E-state index in [1.807, 2.05) is 26.0 Å². The van der Waals surface area contributed by atoms with Crippen molar-refractivity contribution >= 4 is 12.2 Å². The Balaban J connectivity index is 2.42. The second kappa shape index (κ2) is 6.26. The Kier molecular flexibility index (Phi) is 4.41. The van der Waals surface area contributed by atoms with Gasteiger partial charge in [-0.25, -0.2) is 0 Å². The van der Waals surface area contributed by atoms with Crippen LogP contribution in [0.4, 0.5) is 0 Å². The van der Waals surface area contributed by atoms with E-state index in [0.717, 1.165) is 11.1 Å². The molecule has 0 aliphatic carbocycles. The summed E-state index contributed by atoms with van der Waals surface area (Å²) in [4.78, 5) is 0. The van der Waals surface area contributed by atoms with Gasteiger partial charge in [0.05, 0.1) is 11.4 Å². The number of rotatable bonds is 3. The lowest BCUT2D eigenvalue weighted by atomic mass is 10.0. The Hall–Kier alpha value is -2.88. The fraction of sp³-hybridized carbons (Fsp3) is 0.111. The predicted octanol–water partition coefficient (Wildman–Crippen LogP) is 3.01. The lowest BCUT2D eigenvalue weighted by Gasteiger charge is -2.08. The van der Waals surface area contributed by atoms with Crippen molar-refractivity contribution in [3.05, 3.63) is 70.0 Å². The smallest absolute Gasteiger partial charge is 0.123 e. The van der Waals surface area contributed by atoms with Crippen molar-refractivity contribution < 1.29 is 10.2 Å². The highest BCUT2D eigenvalue weighted by molar-refractivity contribution is 5.70. The van der Waals surface area contributed by atoms with Gasteiger partial charge in [0.25, 0.3) is 0 Å². The third-order valence-electron chi connectivity index (χ3n) is 3.54. The Morgan fingerprint density at radius 1 is 0.773 bits per heavy atom. The lowest BCUT2D eigenvalue weighted by Crippen LogP contribution is -2.09.